The lowest BCUT2D eigenvalue weighted by Gasteiger charge is -2.09. The SMILES string of the molecule is Br.CCCCCCCCCCCCCC(=O)N(C)C. The number of carbonyl (C=O) groups is 1. The maximum atomic E-state index is 11.3. The molecule has 0 fully saturated rings. The predicted molar refractivity (Wildman–Crippen MR) is 90.1 cm³/mol. The van der Waals surface area contributed by atoms with Crippen molar-refractivity contribution in [1.82, 2.24) is 4.90 Å². The Morgan fingerprint density at radius 3 is 1.47 bits per heavy atom. The van der Waals surface area contributed by atoms with Gasteiger partial charge in [-0.3, -0.25) is 4.79 Å². The number of nitrogens with zero attached hydrogens (tertiary/aromatic N) is 1. The van der Waals surface area contributed by atoms with Gasteiger partial charge in [0.1, 0.15) is 0 Å². The maximum absolute atomic E-state index is 11.3. The molecule has 0 unspecified atom stereocenters. The molecule has 0 aliphatic rings. The third-order valence-corrected chi connectivity index (χ3v) is 3.49. The number of halogens is 1. The number of carbonyl (C=O) groups excluding carboxylic acids is 1. The van der Waals surface area contributed by atoms with Crippen LogP contribution in [0.5, 0.6) is 0 Å². The third kappa shape index (κ3) is 15.9. The van der Waals surface area contributed by atoms with Crippen LogP contribution in [0.4, 0.5) is 0 Å². The molecule has 3 heteroatoms. The summed E-state index contributed by atoms with van der Waals surface area (Å²) in [7, 11) is 3.67. The van der Waals surface area contributed by atoms with Crippen LogP contribution in [0.1, 0.15) is 84.0 Å². The van der Waals surface area contributed by atoms with Gasteiger partial charge < -0.3 is 4.90 Å². The van der Waals surface area contributed by atoms with Crippen LogP contribution in [0.2, 0.25) is 0 Å². The van der Waals surface area contributed by atoms with E-state index in [0.29, 0.717) is 0 Å². The van der Waals surface area contributed by atoms with Gasteiger partial charge in [0.2, 0.25) is 5.91 Å². The average Bonchev–Trinajstić information content (AvgIpc) is 2.35. The van der Waals surface area contributed by atoms with E-state index < -0.39 is 0 Å². The lowest BCUT2D eigenvalue weighted by Crippen LogP contribution is -2.20. The zero-order valence-corrected chi connectivity index (χ0v) is 15.0. The zero-order chi connectivity index (χ0) is 13.6. The summed E-state index contributed by atoms with van der Waals surface area (Å²) in [6, 6.07) is 0. The Kier molecular flexibility index (Phi) is 17.9. The van der Waals surface area contributed by atoms with Crippen molar-refractivity contribution in [3.05, 3.63) is 0 Å². The topological polar surface area (TPSA) is 20.3 Å². The fourth-order valence-electron chi connectivity index (χ4n) is 2.16. The molecular formula is C16H34BrNO. The normalized spacial score (nSPS) is 10.1. The van der Waals surface area contributed by atoms with Gasteiger partial charge >= 0.3 is 0 Å². The van der Waals surface area contributed by atoms with Gasteiger partial charge in [0, 0.05) is 20.5 Å². The molecular weight excluding hydrogens is 302 g/mol. The predicted octanol–water partition coefficient (Wildman–Crippen LogP) is 5.35. The molecule has 0 aliphatic heterocycles. The highest BCUT2D eigenvalue weighted by molar-refractivity contribution is 8.93. The van der Waals surface area contributed by atoms with Crippen LogP contribution in [0.15, 0.2) is 0 Å². The van der Waals surface area contributed by atoms with E-state index in [1.807, 2.05) is 14.1 Å². The molecule has 0 heterocycles. The fourth-order valence-corrected chi connectivity index (χ4v) is 2.16. The summed E-state index contributed by atoms with van der Waals surface area (Å²) < 4.78 is 0. The van der Waals surface area contributed by atoms with E-state index in [4.69, 9.17) is 0 Å². The molecule has 0 radical (unpaired) electrons. The lowest BCUT2D eigenvalue weighted by atomic mass is 10.1. The Balaban J connectivity index is 0. The second kappa shape index (κ2) is 16.0. The highest BCUT2D eigenvalue weighted by atomic mass is 79.9. The van der Waals surface area contributed by atoms with Crippen LogP contribution in [0.3, 0.4) is 0 Å². The monoisotopic (exact) mass is 335 g/mol. The molecule has 0 aromatic rings. The quantitative estimate of drug-likeness (QED) is 0.440. The summed E-state index contributed by atoms with van der Waals surface area (Å²) in [4.78, 5) is 13.0. The zero-order valence-electron chi connectivity index (χ0n) is 13.2. The van der Waals surface area contributed by atoms with Crippen molar-refractivity contribution >= 4 is 22.9 Å². The van der Waals surface area contributed by atoms with Crippen molar-refractivity contribution in [2.45, 2.75) is 84.0 Å². The molecule has 116 valence electrons. The average molecular weight is 336 g/mol. The molecule has 0 bridgehead atoms. The van der Waals surface area contributed by atoms with Crippen molar-refractivity contribution in [3.63, 3.8) is 0 Å². The molecule has 0 rings (SSSR count). The van der Waals surface area contributed by atoms with E-state index in [1.54, 1.807) is 4.90 Å². The Hall–Kier alpha value is -0.0500. The first-order valence-electron chi connectivity index (χ1n) is 7.88. The van der Waals surface area contributed by atoms with Gasteiger partial charge in [0.15, 0.2) is 0 Å². The molecule has 0 aromatic carbocycles. The van der Waals surface area contributed by atoms with Gasteiger partial charge in [-0.25, -0.2) is 0 Å². The molecule has 0 saturated heterocycles. The van der Waals surface area contributed by atoms with Crippen LogP contribution < -0.4 is 0 Å². The third-order valence-electron chi connectivity index (χ3n) is 3.49. The number of hydrogen-bond acceptors (Lipinski definition) is 1. The highest BCUT2D eigenvalue weighted by Gasteiger charge is 2.02. The summed E-state index contributed by atoms with van der Waals surface area (Å²) in [6.07, 6.45) is 15.4. The van der Waals surface area contributed by atoms with Crippen LogP contribution >= 0.6 is 17.0 Å². The molecule has 0 aliphatic carbocycles. The first-order chi connectivity index (χ1) is 8.68. The van der Waals surface area contributed by atoms with Gasteiger partial charge in [-0.15, -0.1) is 17.0 Å². The van der Waals surface area contributed by atoms with Crippen LogP contribution in [-0.4, -0.2) is 24.9 Å². The number of hydrogen-bond donors (Lipinski definition) is 0. The standard InChI is InChI=1S/C16H33NO.BrH/c1-4-5-6-7-8-9-10-11-12-13-14-15-16(18)17(2)3;/h4-15H2,1-3H3;1H. The Labute approximate surface area is 131 Å². The molecule has 2 nitrogen and oxygen atoms in total. The van der Waals surface area contributed by atoms with E-state index in [0.717, 1.165) is 12.8 Å². The molecule has 0 spiro atoms. The van der Waals surface area contributed by atoms with Crippen molar-refractivity contribution in [1.29, 1.82) is 0 Å². The van der Waals surface area contributed by atoms with Gasteiger partial charge in [-0.1, -0.05) is 71.1 Å². The van der Waals surface area contributed by atoms with Crippen LogP contribution in [0.25, 0.3) is 0 Å². The lowest BCUT2D eigenvalue weighted by molar-refractivity contribution is -0.128. The summed E-state index contributed by atoms with van der Waals surface area (Å²) in [6.45, 7) is 2.26. The Morgan fingerprint density at radius 2 is 1.11 bits per heavy atom. The second-order valence-electron chi connectivity index (χ2n) is 5.57. The van der Waals surface area contributed by atoms with E-state index >= 15 is 0 Å². The number of unbranched alkanes of at least 4 members (excludes halogenated alkanes) is 10. The number of rotatable bonds is 12. The maximum Gasteiger partial charge on any atom is 0.222 e. The van der Waals surface area contributed by atoms with Crippen molar-refractivity contribution in [2.24, 2.45) is 0 Å². The van der Waals surface area contributed by atoms with Gasteiger partial charge in [-0.05, 0) is 6.42 Å². The van der Waals surface area contributed by atoms with Crippen molar-refractivity contribution < 1.29 is 4.79 Å². The summed E-state index contributed by atoms with van der Waals surface area (Å²) >= 11 is 0. The van der Waals surface area contributed by atoms with Gasteiger partial charge in [0.05, 0.1) is 0 Å². The van der Waals surface area contributed by atoms with Gasteiger partial charge in [0.25, 0.3) is 0 Å². The van der Waals surface area contributed by atoms with Crippen molar-refractivity contribution in [2.75, 3.05) is 14.1 Å². The minimum Gasteiger partial charge on any atom is -0.349 e. The minimum absolute atomic E-state index is 0. The minimum atomic E-state index is 0. The first kappa shape index (κ1) is 21.3. The highest BCUT2D eigenvalue weighted by Crippen LogP contribution is 2.12. The molecule has 0 atom stereocenters. The molecule has 1 amide bonds. The molecule has 19 heavy (non-hydrogen) atoms. The van der Waals surface area contributed by atoms with Crippen molar-refractivity contribution in [3.8, 4) is 0 Å². The smallest absolute Gasteiger partial charge is 0.222 e. The van der Waals surface area contributed by atoms with Crippen LogP contribution in [-0.2, 0) is 4.79 Å². The molecule has 0 saturated carbocycles. The van der Waals surface area contributed by atoms with Crippen LogP contribution in [0, 0.1) is 0 Å². The van der Waals surface area contributed by atoms with E-state index in [1.165, 1.54) is 64.2 Å². The van der Waals surface area contributed by atoms with Gasteiger partial charge in [-0.2, -0.15) is 0 Å². The summed E-state index contributed by atoms with van der Waals surface area (Å²) in [5, 5.41) is 0. The number of amides is 1. The van der Waals surface area contributed by atoms with E-state index in [2.05, 4.69) is 6.92 Å². The first-order valence-corrected chi connectivity index (χ1v) is 7.88. The molecule has 0 N–H and O–H groups in total. The largest absolute Gasteiger partial charge is 0.349 e. The fraction of sp³-hybridized carbons (Fsp3) is 0.938. The Morgan fingerprint density at radius 1 is 0.737 bits per heavy atom. The summed E-state index contributed by atoms with van der Waals surface area (Å²) in [5.74, 6) is 0.269. The summed E-state index contributed by atoms with van der Waals surface area (Å²) in [5.41, 5.74) is 0. The molecule has 0 aromatic heterocycles. The van der Waals surface area contributed by atoms with E-state index in [-0.39, 0.29) is 22.9 Å². The Bertz CT molecular complexity index is 195. The second-order valence-corrected chi connectivity index (χ2v) is 5.57. The van der Waals surface area contributed by atoms with E-state index in [9.17, 15) is 4.79 Å².